The third-order valence-electron chi connectivity index (χ3n) is 2.78. The van der Waals surface area contributed by atoms with Gasteiger partial charge in [0.25, 0.3) is 0 Å². The second kappa shape index (κ2) is 6.93. The Morgan fingerprint density at radius 1 is 1.41 bits per heavy atom. The number of hydrogen-bond donors (Lipinski definition) is 1. The molecular weight excluding hydrogens is 270 g/mol. The number of rotatable bonds is 4. The number of benzene rings is 1. The van der Waals surface area contributed by atoms with Crippen LogP contribution in [0.3, 0.4) is 0 Å². The summed E-state index contributed by atoms with van der Waals surface area (Å²) in [5, 5.41) is 5.15. The highest BCUT2D eigenvalue weighted by Crippen LogP contribution is 2.23. The average molecular weight is 288 g/mol. The minimum Gasteiger partial charge on any atom is -0.311 e. The van der Waals surface area contributed by atoms with Crippen molar-refractivity contribution >= 4 is 35.1 Å². The van der Waals surface area contributed by atoms with Crippen LogP contribution in [0, 0.1) is 6.92 Å². The van der Waals surface area contributed by atoms with Crippen LogP contribution in [0.2, 0.25) is 5.02 Å². The first-order valence-corrected chi connectivity index (χ1v) is 8.49. The maximum Gasteiger partial charge on any atom is 0.0453 e. The molecule has 0 bridgehead atoms. The molecule has 0 radical (unpaired) electrons. The summed E-state index contributed by atoms with van der Waals surface area (Å²) >= 11 is 10.4. The van der Waals surface area contributed by atoms with Crippen LogP contribution in [0.5, 0.6) is 0 Å². The van der Waals surface area contributed by atoms with Crippen molar-refractivity contribution in [3.63, 3.8) is 0 Å². The molecule has 1 aromatic rings. The number of thioether (sulfide) groups is 2. The van der Waals surface area contributed by atoms with E-state index in [1.807, 2.05) is 6.07 Å². The van der Waals surface area contributed by atoms with E-state index in [2.05, 4.69) is 47.9 Å². The van der Waals surface area contributed by atoms with Crippen LogP contribution in [-0.4, -0.2) is 29.1 Å². The molecule has 1 aliphatic rings. The van der Waals surface area contributed by atoms with E-state index in [0.29, 0.717) is 0 Å². The van der Waals surface area contributed by atoms with Gasteiger partial charge < -0.3 is 5.32 Å². The molecule has 1 nitrogen and oxygen atoms in total. The Morgan fingerprint density at radius 2 is 2.29 bits per heavy atom. The molecule has 0 aromatic heterocycles. The fraction of sp³-hybridized carbons (Fsp3) is 0.538. The molecule has 0 spiro atoms. The van der Waals surface area contributed by atoms with E-state index in [9.17, 15) is 0 Å². The van der Waals surface area contributed by atoms with Crippen LogP contribution in [0.25, 0.3) is 0 Å². The molecule has 0 aliphatic carbocycles. The number of halogens is 1. The average Bonchev–Trinajstić information content (AvgIpc) is 2.33. The Labute approximate surface area is 117 Å². The van der Waals surface area contributed by atoms with E-state index in [0.717, 1.165) is 23.4 Å². The molecule has 1 fully saturated rings. The summed E-state index contributed by atoms with van der Waals surface area (Å²) < 4.78 is 0. The van der Waals surface area contributed by atoms with Crippen LogP contribution >= 0.6 is 35.1 Å². The Kier molecular flexibility index (Phi) is 5.54. The minimum absolute atomic E-state index is 0.762. The van der Waals surface area contributed by atoms with Gasteiger partial charge in [0.1, 0.15) is 0 Å². The lowest BCUT2D eigenvalue weighted by atomic mass is 10.1. The van der Waals surface area contributed by atoms with E-state index in [-0.39, 0.29) is 0 Å². The minimum atomic E-state index is 0.762. The van der Waals surface area contributed by atoms with Gasteiger partial charge in [0.2, 0.25) is 0 Å². The van der Waals surface area contributed by atoms with Gasteiger partial charge in [-0.3, -0.25) is 0 Å². The highest BCUT2D eigenvalue weighted by atomic mass is 35.5. The molecule has 1 saturated heterocycles. The van der Waals surface area contributed by atoms with Gasteiger partial charge in [0, 0.05) is 40.6 Å². The topological polar surface area (TPSA) is 12.0 Å². The standard InChI is InChI=1S/C13H18ClNS2/c1-10-2-3-11(13(14)6-10)7-15-8-12-9-16-4-5-17-12/h2-3,6,12,15H,4-5,7-9H2,1H3. The Bertz CT molecular complexity index is 364. The van der Waals surface area contributed by atoms with Crippen molar-refractivity contribution in [3.05, 3.63) is 34.3 Å². The maximum atomic E-state index is 6.20. The van der Waals surface area contributed by atoms with Crippen molar-refractivity contribution in [1.29, 1.82) is 0 Å². The summed E-state index contributed by atoms with van der Waals surface area (Å²) in [6, 6.07) is 6.27. The summed E-state index contributed by atoms with van der Waals surface area (Å²) in [6.07, 6.45) is 0. The molecule has 1 atom stereocenters. The van der Waals surface area contributed by atoms with Crippen molar-refractivity contribution in [1.82, 2.24) is 5.32 Å². The van der Waals surface area contributed by atoms with Gasteiger partial charge in [0.15, 0.2) is 0 Å². The molecule has 1 aromatic carbocycles. The molecule has 1 aliphatic heterocycles. The summed E-state index contributed by atoms with van der Waals surface area (Å²) in [5.74, 6) is 3.88. The van der Waals surface area contributed by atoms with Gasteiger partial charge in [-0.15, -0.1) is 0 Å². The van der Waals surface area contributed by atoms with E-state index in [1.54, 1.807) is 0 Å². The van der Waals surface area contributed by atoms with Crippen molar-refractivity contribution in [2.24, 2.45) is 0 Å². The predicted octanol–water partition coefficient (Wildman–Crippen LogP) is 3.59. The molecule has 0 amide bonds. The van der Waals surface area contributed by atoms with Crippen molar-refractivity contribution in [2.45, 2.75) is 18.7 Å². The summed E-state index contributed by atoms with van der Waals surface area (Å²) in [7, 11) is 0. The van der Waals surface area contributed by atoms with Crippen LogP contribution in [0.4, 0.5) is 0 Å². The Balaban J connectivity index is 1.77. The zero-order valence-corrected chi connectivity index (χ0v) is 12.4. The van der Waals surface area contributed by atoms with E-state index in [1.165, 1.54) is 28.4 Å². The third-order valence-corrected chi connectivity index (χ3v) is 5.98. The monoisotopic (exact) mass is 287 g/mol. The smallest absolute Gasteiger partial charge is 0.0453 e. The first-order valence-electron chi connectivity index (χ1n) is 5.91. The van der Waals surface area contributed by atoms with Gasteiger partial charge >= 0.3 is 0 Å². The second-order valence-electron chi connectivity index (χ2n) is 4.29. The molecule has 0 saturated carbocycles. The van der Waals surface area contributed by atoms with Crippen LogP contribution < -0.4 is 5.32 Å². The van der Waals surface area contributed by atoms with Gasteiger partial charge in [-0.2, -0.15) is 23.5 Å². The lowest BCUT2D eigenvalue weighted by Gasteiger charge is -2.21. The first kappa shape index (κ1) is 13.6. The second-order valence-corrected chi connectivity index (χ2v) is 7.26. The van der Waals surface area contributed by atoms with Crippen molar-refractivity contribution < 1.29 is 0 Å². The van der Waals surface area contributed by atoms with Crippen molar-refractivity contribution in [3.8, 4) is 0 Å². The van der Waals surface area contributed by atoms with Gasteiger partial charge in [0.05, 0.1) is 0 Å². The largest absolute Gasteiger partial charge is 0.311 e. The zero-order valence-electron chi connectivity index (χ0n) is 10.0. The highest BCUT2D eigenvalue weighted by molar-refractivity contribution is 8.06. The molecule has 17 heavy (non-hydrogen) atoms. The van der Waals surface area contributed by atoms with E-state index < -0.39 is 0 Å². The third kappa shape index (κ3) is 4.40. The predicted molar refractivity (Wildman–Crippen MR) is 81.5 cm³/mol. The van der Waals surface area contributed by atoms with Crippen molar-refractivity contribution in [2.75, 3.05) is 23.8 Å². The lowest BCUT2D eigenvalue weighted by molar-refractivity contribution is 0.686. The Morgan fingerprint density at radius 3 is 3.00 bits per heavy atom. The molecule has 94 valence electrons. The van der Waals surface area contributed by atoms with E-state index in [4.69, 9.17) is 11.6 Å². The lowest BCUT2D eigenvalue weighted by Crippen LogP contribution is -2.28. The van der Waals surface area contributed by atoms with Gasteiger partial charge in [-0.25, -0.2) is 0 Å². The zero-order chi connectivity index (χ0) is 12.1. The molecule has 1 N–H and O–H groups in total. The fourth-order valence-corrected chi connectivity index (χ4v) is 4.77. The number of nitrogens with one attached hydrogen (secondary N) is 1. The summed E-state index contributed by atoms with van der Waals surface area (Å²) in [4.78, 5) is 0. The van der Waals surface area contributed by atoms with Gasteiger partial charge in [-0.05, 0) is 24.1 Å². The fourth-order valence-electron chi connectivity index (χ4n) is 1.82. The normalized spacial score (nSPS) is 20.5. The molecule has 4 heteroatoms. The molecular formula is C13H18ClNS2. The van der Waals surface area contributed by atoms with Crippen LogP contribution in [0.1, 0.15) is 11.1 Å². The quantitative estimate of drug-likeness (QED) is 0.909. The molecule has 2 rings (SSSR count). The van der Waals surface area contributed by atoms with Crippen LogP contribution in [0.15, 0.2) is 18.2 Å². The Hall–Kier alpha value is 0.170. The molecule has 1 unspecified atom stereocenters. The van der Waals surface area contributed by atoms with Crippen LogP contribution in [-0.2, 0) is 6.54 Å². The number of hydrogen-bond acceptors (Lipinski definition) is 3. The SMILES string of the molecule is Cc1ccc(CNCC2CSCCS2)c(Cl)c1. The molecule has 1 heterocycles. The van der Waals surface area contributed by atoms with Gasteiger partial charge in [-0.1, -0.05) is 23.7 Å². The summed E-state index contributed by atoms with van der Waals surface area (Å²) in [5.41, 5.74) is 2.42. The first-order chi connectivity index (χ1) is 8.25. The van der Waals surface area contributed by atoms with E-state index >= 15 is 0 Å². The number of aryl methyl sites for hydroxylation is 1. The maximum absolute atomic E-state index is 6.20. The highest BCUT2D eigenvalue weighted by Gasteiger charge is 2.13. The summed E-state index contributed by atoms with van der Waals surface area (Å²) in [6.45, 7) is 4.03.